The number of aliphatic hydroxyl groups is 2. The highest BCUT2D eigenvalue weighted by molar-refractivity contribution is 7.15. The molecule has 2 aliphatic rings. The number of benzene rings is 1. The van der Waals surface area contributed by atoms with Crippen molar-refractivity contribution in [2.75, 3.05) is 31.7 Å². The van der Waals surface area contributed by atoms with Gasteiger partial charge in [-0.3, -0.25) is 9.69 Å². The molecule has 4 heterocycles. The second-order valence-corrected chi connectivity index (χ2v) is 12.1. The zero-order valence-corrected chi connectivity index (χ0v) is 24.0. The molecule has 2 atom stereocenters. The molecule has 0 aliphatic carbocycles. The number of hydrogen-bond acceptors (Lipinski definition) is 9. The fraction of sp³-hybridized carbons (Fsp3) is 0.444. The molecule has 1 aromatic carbocycles. The molecule has 0 bridgehead atoms. The Labute approximate surface area is 241 Å². The number of amides is 1. The van der Waals surface area contributed by atoms with Crippen LogP contribution in [0.15, 0.2) is 36.5 Å². The first kappa shape index (κ1) is 28.2. The van der Waals surface area contributed by atoms with Crippen LogP contribution in [0.3, 0.4) is 0 Å². The van der Waals surface area contributed by atoms with Gasteiger partial charge in [-0.15, -0.1) is 11.3 Å². The molecule has 12 heteroatoms. The largest absolute Gasteiger partial charge is 0.394 e. The van der Waals surface area contributed by atoms with E-state index in [0.29, 0.717) is 40.5 Å². The van der Waals surface area contributed by atoms with E-state index in [9.17, 15) is 15.0 Å². The summed E-state index contributed by atoms with van der Waals surface area (Å²) in [5, 5.41) is 28.3. The van der Waals surface area contributed by atoms with E-state index in [-0.39, 0.29) is 25.1 Å². The number of carbonyl (C=O) groups excluding carboxylic acids is 1. The average Bonchev–Trinajstić information content (AvgIpc) is 3.44. The van der Waals surface area contributed by atoms with E-state index in [2.05, 4.69) is 20.6 Å². The van der Waals surface area contributed by atoms with Gasteiger partial charge in [0.25, 0.3) is 0 Å². The number of hydrogen-bond donors (Lipinski definition) is 4. The summed E-state index contributed by atoms with van der Waals surface area (Å²) in [5.41, 5.74) is 1.38. The van der Waals surface area contributed by atoms with Crippen LogP contribution in [-0.4, -0.2) is 63.4 Å². The maximum Gasteiger partial charge on any atom is 0.234 e. The number of fused-ring (bicyclic) bond motifs is 1. The first-order chi connectivity index (χ1) is 18.7. The van der Waals surface area contributed by atoms with Crippen molar-refractivity contribution in [2.24, 2.45) is 0 Å². The van der Waals surface area contributed by atoms with Crippen molar-refractivity contribution in [3.05, 3.63) is 62.6 Å². The van der Waals surface area contributed by atoms with E-state index in [4.69, 9.17) is 27.9 Å². The van der Waals surface area contributed by atoms with Gasteiger partial charge >= 0.3 is 0 Å². The Kier molecular flexibility index (Phi) is 8.44. The van der Waals surface area contributed by atoms with Crippen LogP contribution in [-0.2, 0) is 15.1 Å². The molecule has 0 spiro atoms. The van der Waals surface area contributed by atoms with Crippen LogP contribution < -0.4 is 10.6 Å². The van der Waals surface area contributed by atoms with Gasteiger partial charge in [-0.1, -0.05) is 35.3 Å². The molecule has 3 aromatic rings. The molecule has 5 rings (SSSR count). The van der Waals surface area contributed by atoms with Gasteiger partial charge in [-0.25, -0.2) is 9.97 Å². The normalized spacial score (nSPS) is 20.0. The van der Waals surface area contributed by atoms with E-state index in [1.165, 1.54) is 11.3 Å². The lowest BCUT2D eigenvalue weighted by Crippen LogP contribution is -2.45. The Morgan fingerprint density at radius 1 is 1.28 bits per heavy atom. The molecule has 39 heavy (non-hydrogen) atoms. The maximum atomic E-state index is 13.0. The van der Waals surface area contributed by atoms with E-state index in [1.54, 1.807) is 35.4 Å². The van der Waals surface area contributed by atoms with Crippen molar-refractivity contribution >= 4 is 46.4 Å². The molecule has 9 nitrogen and oxygen atoms in total. The first-order valence-corrected chi connectivity index (χ1v) is 14.4. The standard InChI is InChI=1S/C27H31Cl2N5O4S/c1-27(2)24-18(25(37)34(27)13-22(36)32-20(14-35)15-4-3-5-16(28)10-15)11-21(39-24)23-19(29)12-30-26(33-23)31-17-6-8-38-9-7-17/h3-5,10-12,17,20,25,35,37H,6-9,13-14H2,1-2H3,(H,32,36)(H,30,31,33)/t20-,25+/m1/s1. The summed E-state index contributed by atoms with van der Waals surface area (Å²) < 4.78 is 5.43. The van der Waals surface area contributed by atoms with Crippen molar-refractivity contribution in [3.63, 3.8) is 0 Å². The number of aromatic nitrogens is 2. The Morgan fingerprint density at radius 3 is 2.74 bits per heavy atom. The molecular weight excluding hydrogens is 561 g/mol. The maximum absolute atomic E-state index is 13.0. The van der Waals surface area contributed by atoms with E-state index >= 15 is 0 Å². The van der Waals surface area contributed by atoms with Crippen LogP contribution in [0.4, 0.5) is 5.95 Å². The number of nitrogens with one attached hydrogen (secondary N) is 2. The lowest BCUT2D eigenvalue weighted by Gasteiger charge is -2.34. The monoisotopic (exact) mass is 591 g/mol. The highest BCUT2D eigenvalue weighted by Gasteiger charge is 2.46. The van der Waals surface area contributed by atoms with Crippen molar-refractivity contribution in [1.82, 2.24) is 20.2 Å². The molecule has 0 unspecified atom stereocenters. The van der Waals surface area contributed by atoms with Gasteiger partial charge < -0.3 is 25.6 Å². The van der Waals surface area contributed by atoms with Crippen molar-refractivity contribution in [3.8, 4) is 10.6 Å². The minimum atomic E-state index is -0.995. The van der Waals surface area contributed by atoms with Crippen LogP contribution in [0, 0.1) is 0 Å². The zero-order chi connectivity index (χ0) is 27.7. The minimum absolute atomic E-state index is 0.0601. The van der Waals surface area contributed by atoms with Crippen LogP contribution in [0.1, 0.15) is 55.0 Å². The highest BCUT2D eigenvalue weighted by atomic mass is 35.5. The van der Waals surface area contributed by atoms with Gasteiger partial charge in [0.05, 0.1) is 40.8 Å². The van der Waals surface area contributed by atoms with Crippen molar-refractivity contribution in [2.45, 2.75) is 50.5 Å². The van der Waals surface area contributed by atoms with Gasteiger partial charge in [-0.05, 0) is 50.5 Å². The number of anilines is 1. The number of thiophene rings is 1. The number of halogens is 2. The third-order valence-corrected chi connectivity index (χ3v) is 9.20. The number of rotatable bonds is 8. The lowest BCUT2D eigenvalue weighted by atomic mass is 10.0. The second-order valence-electron chi connectivity index (χ2n) is 10.2. The molecule has 1 saturated heterocycles. The van der Waals surface area contributed by atoms with Crippen LogP contribution >= 0.6 is 34.5 Å². The van der Waals surface area contributed by atoms with Crippen LogP contribution in [0.5, 0.6) is 0 Å². The van der Waals surface area contributed by atoms with Gasteiger partial charge in [0.2, 0.25) is 11.9 Å². The second kappa shape index (κ2) is 11.7. The summed E-state index contributed by atoms with van der Waals surface area (Å²) in [7, 11) is 0. The molecule has 1 amide bonds. The number of aliphatic hydroxyl groups excluding tert-OH is 2. The van der Waals surface area contributed by atoms with Gasteiger partial charge in [-0.2, -0.15) is 0 Å². The Hall–Kier alpha value is -2.31. The molecule has 208 valence electrons. The summed E-state index contributed by atoms with van der Waals surface area (Å²) in [6, 6.07) is 8.52. The topological polar surface area (TPSA) is 120 Å². The van der Waals surface area contributed by atoms with Gasteiger partial charge in [0.15, 0.2) is 0 Å². The molecule has 4 N–H and O–H groups in total. The third kappa shape index (κ3) is 5.92. The Morgan fingerprint density at radius 2 is 2.05 bits per heavy atom. The van der Waals surface area contributed by atoms with Crippen LogP contribution in [0.25, 0.3) is 10.6 Å². The van der Waals surface area contributed by atoms with Gasteiger partial charge in [0.1, 0.15) is 11.9 Å². The first-order valence-electron chi connectivity index (χ1n) is 12.8. The SMILES string of the molecule is CC1(C)c2sc(-c3nc(NC4CCOCC4)ncc3Cl)cc2[C@H](O)N1CC(=O)N[C@H](CO)c1cccc(Cl)c1. The average molecular weight is 593 g/mol. The summed E-state index contributed by atoms with van der Waals surface area (Å²) in [4.78, 5) is 25.5. The number of ether oxygens (including phenoxy) is 1. The van der Waals surface area contributed by atoms with E-state index < -0.39 is 17.8 Å². The molecule has 2 aromatic heterocycles. The Bertz CT molecular complexity index is 1350. The summed E-state index contributed by atoms with van der Waals surface area (Å²) in [6.45, 7) is 5.01. The third-order valence-electron chi connectivity index (χ3n) is 7.22. The molecular formula is C27H31Cl2N5O4S. The summed E-state index contributed by atoms with van der Waals surface area (Å²) in [6.07, 6.45) is 2.36. The van der Waals surface area contributed by atoms with E-state index in [0.717, 1.165) is 28.2 Å². The van der Waals surface area contributed by atoms with Crippen molar-refractivity contribution in [1.29, 1.82) is 0 Å². The van der Waals surface area contributed by atoms with E-state index in [1.807, 2.05) is 19.9 Å². The molecule has 1 fully saturated rings. The highest BCUT2D eigenvalue weighted by Crippen LogP contribution is 2.51. The smallest absolute Gasteiger partial charge is 0.234 e. The number of nitrogens with zero attached hydrogens (tertiary/aromatic N) is 3. The number of carbonyl (C=O) groups is 1. The fourth-order valence-electron chi connectivity index (χ4n) is 5.07. The molecule has 2 aliphatic heterocycles. The fourth-order valence-corrected chi connectivity index (χ4v) is 6.82. The predicted octanol–water partition coefficient (Wildman–Crippen LogP) is 4.49. The lowest BCUT2D eigenvalue weighted by molar-refractivity contribution is -0.129. The minimum Gasteiger partial charge on any atom is -0.394 e. The summed E-state index contributed by atoms with van der Waals surface area (Å²) in [5.74, 6) is 0.185. The van der Waals surface area contributed by atoms with Gasteiger partial charge in [0, 0.05) is 34.7 Å². The Balaban J connectivity index is 1.32. The molecule has 0 radical (unpaired) electrons. The molecule has 0 saturated carbocycles. The zero-order valence-electron chi connectivity index (χ0n) is 21.7. The predicted molar refractivity (Wildman–Crippen MR) is 152 cm³/mol. The van der Waals surface area contributed by atoms with Crippen molar-refractivity contribution < 1.29 is 19.7 Å². The van der Waals surface area contributed by atoms with Crippen LogP contribution in [0.2, 0.25) is 10.0 Å². The summed E-state index contributed by atoms with van der Waals surface area (Å²) >= 11 is 14.1. The quantitative estimate of drug-likeness (QED) is 0.302.